The van der Waals surface area contributed by atoms with E-state index in [1.807, 2.05) is 0 Å². The molecule has 1 aromatic heterocycles. The fourth-order valence-corrected chi connectivity index (χ4v) is 1.42. The number of hydrogen-bond donors (Lipinski definition) is 0. The lowest BCUT2D eigenvalue weighted by molar-refractivity contribution is -0.617. The maximum atomic E-state index is 11.4. The van der Waals surface area contributed by atoms with Crippen LogP contribution in [0.4, 0.5) is 5.69 Å². The van der Waals surface area contributed by atoms with Crippen LogP contribution >= 0.6 is 11.6 Å². The maximum Gasteiger partial charge on any atom is 0.339 e. The molecule has 0 fully saturated rings. The SMILES string of the molecule is CCOC(=O)Cc1c([N+](=O)[O-])cc(Cl)c[n+]1[O-]. The monoisotopic (exact) mass is 260 g/mol. The zero-order chi connectivity index (χ0) is 13.0. The smallest absolute Gasteiger partial charge is 0.339 e. The summed E-state index contributed by atoms with van der Waals surface area (Å²) in [5.74, 6) is -0.706. The van der Waals surface area contributed by atoms with Crippen LogP contribution in [0.5, 0.6) is 0 Å². The van der Waals surface area contributed by atoms with Crippen molar-refractivity contribution < 1.29 is 19.2 Å². The Morgan fingerprint density at radius 1 is 1.65 bits per heavy atom. The predicted octanol–water partition coefficient (Wildman–Crippen LogP) is 0.987. The first-order chi connectivity index (χ1) is 7.95. The van der Waals surface area contributed by atoms with Crippen LogP contribution < -0.4 is 4.73 Å². The largest absolute Gasteiger partial charge is 0.618 e. The summed E-state index contributed by atoms with van der Waals surface area (Å²) >= 11 is 5.52. The second kappa shape index (κ2) is 5.44. The van der Waals surface area contributed by atoms with Crippen molar-refractivity contribution >= 4 is 23.3 Å². The molecule has 17 heavy (non-hydrogen) atoms. The molecule has 0 N–H and O–H groups in total. The van der Waals surface area contributed by atoms with Crippen molar-refractivity contribution in [2.75, 3.05) is 6.61 Å². The molecule has 0 aromatic carbocycles. The molecule has 7 nitrogen and oxygen atoms in total. The molecule has 92 valence electrons. The summed E-state index contributed by atoms with van der Waals surface area (Å²) in [7, 11) is 0. The summed E-state index contributed by atoms with van der Waals surface area (Å²) in [5, 5.41) is 22.1. The fraction of sp³-hybridized carbons (Fsp3) is 0.333. The van der Waals surface area contributed by atoms with Crippen molar-refractivity contribution in [3.63, 3.8) is 0 Å². The van der Waals surface area contributed by atoms with Gasteiger partial charge < -0.3 is 9.94 Å². The number of pyridine rings is 1. The number of nitro groups is 1. The van der Waals surface area contributed by atoms with Crippen LogP contribution in [0, 0.1) is 15.3 Å². The van der Waals surface area contributed by atoms with Crippen molar-refractivity contribution in [2.24, 2.45) is 0 Å². The number of esters is 1. The minimum absolute atomic E-state index is 0.0701. The highest BCUT2D eigenvalue weighted by Crippen LogP contribution is 2.20. The van der Waals surface area contributed by atoms with Gasteiger partial charge in [0.1, 0.15) is 11.4 Å². The van der Waals surface area contributed by atoms with E-state index in [0.29, 0.717) is 0 Å². The van der Waals surface area contributed by atoms with Gasteiger partial charge in [0.15, 0.2) is 6.20 Å². The van der Waals surface area contributed by atoms with Crippen LogP contribution in [-0.2, 0) is 16.0 Å². The van der Waals surface area contributed by atoms with Gasteiger partial charge in [-0.05, 0) is 6.92 Å². The molecular formula is C9H9ClN2O5. The van der Waals surface area contributed by atoms with Gasteiger partial charge >= 0.3 is 11.7 Å². The van der Waals surface area contributed by atoms with Gasteiger partial charge in [-0.2, -0.15) is 4.73 Å². The van der Waals surface area contributed by atoms with E-state index in [0.717, 1.165) is 12.3 Å². The molecule has 0 aliphatic rings. The molecule has 0 saturated carbocycles. The summed E-state index contributed by atoms with van der Waals surface area (Å²) in [6.07, 6.45) is 0.480. The molecular weight excluding hydrogens is 252 g/mol. The lowest BCUT2D eigenvalue weighted by Gasteiger charge is -2.05. The molecule has 1 aromatic rings. The summed E-state index contributed by atoms with van der Waals surface area (Å²) in [4.78, 5) is 21.1. The zero-order valence-electron chi connectivity index (χ0n) is 8.88. The Morgan fingerprint density at radius 2 is 2.29 bits per heavy atom. The number of carbonyl (C=O) groups excluding carboxylic acids is 1. The highest BCUT2D eigenvalue weighted by molar-refractivity contribution is 6.30. The molecule has 8 heteroatoms. The third kappa shape index (κ3) is 3.28. The standard InChI is InChI=1S/C9H9ClN2O5/c1-2-17-9(13)4-7-8(12(15)16)3-6(10)5-11(7)14/h3,5H,2,4H2,1H3. The van der Waals surface area contributed by atoms with Gasteiger partial charge in [0.05, 0.1) is 11.5 Å². The summed E-state index contributed by atoms with van der Waals surface area (Å²) in [5.41, 5.74) is -0.793. The third-order valence-electron chi connectivity index (χ3n) is 1.89. The average Bonchev–Trinajstić information content (AvgIpc) is 2.21. The lowest BCUT2D eigenvalue weighted by atomic mass is 10.2. The molecule has 0 bridgehead atoms. The zero-order valence-corrected chi connectivity index (χ0v) is 9.64. The van der Waals surface area contributed by atoms with E-state index in [1.165, 1.54) is 0 Å². The molecule has 0 amide bonds. The van der Waals surface area contributed by atoms with E-state index in [2.05, 4.69) is 4.74 Å². The predicted molar refractivity (Wildman–Crippen MR) is 57.4 cm³/mol. The molecule has 0 spiro atoms. The Hall–Kier alpha value is -1.89. The Balaban J connectivity index is 3.12. The van der Waals surface area contributed by atoms with Crippen LogP contribution in [0.1, 0.15) is 12.6 Å². The second-order valence-corrected chi connectivity index (χ2v) is 3.49. The number of rotatable bonds is 4. The number of nitrogens with zero attached hydrogens (tertiary/aromatic N) is 2. The topological polar surface area (TPSA) is 96.4 Å². The fourth-order valence-electron chi connectivity index (χ4n) is 1.23. The molecule has 1 heterocycles. The van der Waals surface area contributed by atoms with E-state index < -0.39 is 23.0 Å². The van der Waals surface area contributed by atoms with Crippen LogP contribution in [0.25, 0.3) is 0 Å². The van der Waals surface area contributed by atoms with Crippen LogP contribution in [-0.4, -0.2) is 17.5 Å². The number of halogens is 1. The van der Waals surface area contributed by atoms with E-state index in [4.69, 9.17) is 11.6 Å². The van der Waals surface area contributed by atoms with Crippen LogP contribution in [0.2, 0.25) is 5.02 Å². The van der Waals surface area contributed by atoms with Crippen molar-refractivity contribution in [1.82, 2.24) is 0 Å². The van der Waals surface area contributed by atoms with Gasteiger partial charge in [0.2, 0.25) is 0 Å². The Bertz CT molecular complexity index is 463. The Kier molecular flexibility index (Phi) is 4.22. The minimum Gasteiger partial charge on any atom is -0.618 e. The van der Waals surface area contributed by atoms with Gasteiger partial charge in [0.25, 0.3) is 5.69 Å². The quantitative estimate of drug-likeness (QED) is 0.264. The molecule has 0 radical (unpaired) electrons. The van der Waals surface area contributed by atoms with E-state index in [9.17, 15) is 20.1 Å². The van der Waals surface area contributed by atoms with Crippen molar-refractivity contribution in [3.05, 3.63) is 38.3 Å². The van der Waals surface area contributed by atoms with E-state index >= 15 is 0 Å². The first kappa shape index (κ1) is 13.2. The van der Waals surface area contributed by atoms with Crippen LogP contribution in [0.15, 0.2) is 12.3 Å². The molecule has 0 saturated heterocycles. The number of aromatic nitrogens is 1. The first-order valence-electron chi connectivity index (χ1n) is 4.67. The number of carbonyl (C=O) groups is 1. The Morgan fingerprint density at radius 3 is 2.82 bits per heavy atom. The Labute approximate surface area is 101 Å². The van der Waals surface area contributed by atoms with E-state index in [-0.39, 0.29) is 22.1 Å². The number of hydrogen-bond acceptors (Lipinski definition) is 5. The van der Waals surface area contributed by atoms with Gasteiger partial charge in [-0.3, -0.25) is 14.9 Å². The lowest BCUT2D eigenvalue weighted by Crippen LogP contribution is -2.34. The second-order valence-electron chi connectivity index (χ2n) is 3.05. The third-order valence-corrected chi connectivity index (χ3v) is 2.10. The molecule has 0 aliphatic carbocycles. The van der Waals surface area contributed by atoms with E-state index in [1.54, 1.807) is 6.92 Å². The maximum absolute atomic E-state index is 11.4. The van der Waals surface area contributed by atoms with Crippen molar-refractivity contribution in [1.29, 1.82) is 0 Å². The minimum atomic E-state index is -0.769. The summed E-state index contributed by atoms with van der Waals surface area (Å²) < 4.78 is 4.82. The first-order valence-corrected chi connectivity index (χ1v) is 5.05. The van der Waals surface area contributed by atoms with Gasteiger partial charge in [-0.1, -0.05) is 11.6 Å². The molecule has 0 atom stereocenters. The van der Waals surface area contributed by atoms with Gasteiger partial charge in [-0.15, -0.1) is 0 Å². The number of ether oxygens (including phenoxy) is 1. The summed E-state index contributed by atoms with van der Waals surface area (Å²) in [6.45, 7) is 1.73. The molecule has 0 unspecified atom stereocenters. The molecule has 0 aliphatic heterocycles. The highest BCUT2D eigenvalue weighted by atomic mass is 35.5. The van der Waals surface area contributed by atoms with Crippen LogP contribution in [0.3, 0.4) is 0 Å². The highest BCUT2D eigenvalue weighted by Gasteiger charge is 2.27. The normalized spacial score (nSPS) is 10.0. The van der Waals surface area contributed by atoms with Crippen molar-refractivity contribution in [3.8, 4) is 0 Å². The summed E-state index contributed by atoms with van der Waals surface area (Å²) in [6, 6.07) is 1.02. The van der Waals surface area contributed by atoms with Gasteiger partial charge in [0, 0.05) is 6.07 Å². The molecule has 1 rings (SSSR count). The van der Waals surface area contributed by atoms with Crippen molar-refractivity contribution in [2.45, 2.75) is 13.3 Å². The van der Waals surface area contributed by atoms with Gasteiger partial charge in [-0.25, -0.2) is 0 Å². The average molecular weight is 261 g/mol.